The Labute approximate surface area is 127 Å². The first kappa shape index (κ1) is 19.1. The SMILES string of the molecule is CN(CC(C)(C)CN)C(=O)c1sccc1OC(F)F.Cl. The van der Waals surface area contributed by atoms with E-state index in [4.69, 9.17) is 5.73 Å². The quantitative estimate of drug-likeness (QED) is 0.873. The highest BCUT2D eigenvalue weighted by atomic mass is 35.5. The molecule has 2 N–H and O–H groups in total. The summed E-state index contributed by atoms with van der Waals surface area (Å²) in [6.07, 6.45) is 0. The zero-order valence-electron chi connectivity index (χ0n) is 11.6. The first-order chi connectivity index (χ1) is 8.76. The van der Waals surface area contributed by atoms with E-state index in [9.17, 15) is 13.6 Å². The minimum absolute atomic E-state index is 0. The molecular formula is C12H19ClF2N2O2S. The third kappa shape index (κ3) is 5.22. The maximum absolute atomic E-state index is 12.2. The van der Waals surface area contributed by atoms with Crippen molar-refractivity contribution in [1.29, 1.82) is 0 Å². The van der Waals surface area contributed by atoms with E-state index in [1.54, 1.807) is 12.4 Å². The number of alkyl halides is 2. The molecule has 116 valence electrons. The predicted molar refractivity (Wildman–Crippen MR) is 78.0 cm³/mol. The number of halogens is 3. The van der Waals surface area contributed by atoms with Gasteiger partial charge in [-0.15, -0.1) is 23.7 Å². The second kappa shape index (κ2) is 7.75. The fourth-order valence-corrected chi connectivity index (χ4v) is 2.41. The van der Waals surface area contributed by atoms with Crippen LogP contribution in [-0.2, 0) is 0 Å². The smallest absolute Gasteiger partial charge is 0.387 e. The van der Waals surface area contributed by atoms with Gasteiger partial charge in [0.2, 0.25) is 0 Å². The van der Waals surface area contributed by atoms with E-state index >= 15 is 0 Å². The second-order valence-corrected chi connectivity index (χ2v) is 5.94. The van der Waals surface area contributed by atoms with E-state index in [1.807, 2.05) is 13.8 Å². The van der Waals surface area contributed by atoms with Crippen LogP contribution in [0.25, 0.3) is 0 Å². The van der Waals surface area contributed by atoms with Gasteiger partial charge in [0, 0.05) is 13.6 Å². The molecule has 1 heterocycles. The minimum Gasteiger partial charge on any atom is -0.433 e. The lowest BCUT2D eigenvalue weighted by atomic mass is 9.93. The Bertz CT molecular complexity index is 441. The van der Waals surface area contributed by atoms with Crippen LogP contribution in [0, 0.1) is 5.41 Å². The Morgan fingerprint density at radius 2 is 2.15 bits per heavy atom. The summed E-state index contributed by atoms with van der Waals surface area (Å²) >= 11 is 1.08. The van der Waals surface area contributed by atoms with Gasteiger partial charge in [-0.05, 0) is 23.4 Å². The van der Waals surface area contributed by atoms with E-state index < -0.39 is 6.61 Å². The molecule has 0 aliphatic heterocycles. The van der Waals surface area contributed by atoms with Crippen LogP contribution in [0.15, 0.2) is 11.4 Å². The molecule has 4 nitrogen and oxygen atoms in total. The number of ether oxygens (including phenoxy) is 1. The summed E-state index contributed by atoms with van der Waals surface area (Å²) < 4.78 is 28.7. The molecule has 1 amide bonds. The molecule has 20 heavy (non-hydrogen) atoms. The molecule has 1 aromatic heterocycles. The van der Waals surface area contributed by atoms with Gasteiger partial charge < -0.3 is 15.4 Å². The molecule has 0 aromatic carbocycles. The van der Waals surface area contributed by atoms with Crippen LogP contribution in [0.1, 0.15) is 23.5 Å². The Morgan fingerprint density at radius 1 is 1.55 bits per heavy atom. The topological polar surface area (TPSA) is 55.6 Å². The van der Waals surface area contributed by atoms with Crippen molar-refractivity contribution in [3.63, 3.8) is 0 Å². The van der Waals surface area contributed by atoms with Crippen molar-refractivity contribution in [2.75, 3.05) is 20.1 Å². The highest BCUT2D eigenvalue weighted by molar-refractivity contribution is 7.12. The maximum atomic E-state index is 12.2. The van der Waals surface area contributed by atoms with Crippen LogP contribution >= 0.6 is 23.7 Å². The molecule has 8 heteroatoms. The van der Waals surface area contributed by atoms with E-state index in [2.05, 4.69) is 4.74 Å². The lowest BCUT2D eigenvalue weighted by Gasteiger charge is -2.28. The van der Waals surface area contributed by atoms with Gasteiger partial charge in [-0.2, -0.15) is 8.78 Å². The van der Waals surface area contributed by atoms with Crippen LogP contribution in [0.2, 0.25) is 0 Å². The number of hydrogen-bond acceptors (Lipinski definition) is 4. The van der Waals surface area contributed by atoms with Gasteiger partial charge in [-0.1, -0.05) is 13.8 Å². The van der Waals surface area contributed by atoms with Crippen LogP contribution in [0.3, 0.4) is 0 Å². The van der Waals surface area contributed by atoms with Crippen molar-refractivity contribution >= 4 is 29.7 Å². The zero-order chi connectivity index (χ0) is 14.6. The number of thiophene rings is 1. The first-order valence-corrected chi connectivity index (χ1v) is 6.62. The highest BCUT2D eigenvalue weighted by Crippen LogP contribution is 2.28. The molecule has 0 saturated carbocycles. The summed E-state index contributed by atoms with van der Waals surface area (Å²) in [7, 11) is 1.62. The molecule has 0 atom stereocenters. The molecule has 0 unspecified atom stereocenters. The first-order valence-electron chi connectivity index (χ1n) is 5.74. The lowest BCUT2D eigenvalue weighted by Crippen LogP contribution is -2.39. The Morgan fingerprint density at radius 3 is 2.65 bits per heavy atom. The summed E-state index contributed by atoms with van der Waals surface area (Å²) in [5.41, 5.74) is 5.38. The average molecular weight is 329 g/mol. The summed E-state index contributed by atoms with van der Waals surface area (Å²) in [5, 5.41) is 1.55. The van der Waals surface area contributed by atoms with E-state index in [-0.39, 0.29) is 34.4 Å². The molecule has 0 bridgehead atoms. The largest absolute Gasteiger partial charge is 0.433 e. The van der Waals surface area contributed by atoms with Crippen molar-refractivity contribution in [3.8, 4) is 5.75 Å². The standard InChI is InChI=1S/C12H18F2N2O2S.ClH/c1-12(2,6-15)7-16(3)10(17)9-8(4-5-19-9)18-11(13)14;/h4-5,11H,6-7,15H2,1-3H3;1H. The summed E-state index contributed by atoms with van der Waals surface area (Å²) in [4.78, 5) is 13.8. The normalized spacial score (nSPS) is 11.2. The molecule has 0 aliphatic rings. The summed E-state index contributed by atoms with van der Waals surface area (Å²) in [5.74, 6) is -0.422. The average Bonchev–Trinajstić information content (AvgIpc) is 2.74. The molecule has 1 aromatic rings. The maximum Gasteiger partial charge on any atom is 0.387 e. The number of amides is 1. The lowest BCUT2D eigenvalue weighted by molar-refractivity contribution is -0.0499. The van der Waals surface area contributed by atoms with Crippen LogP contribution < -0.4 is 10.5 Å². The number of carbonyl (C=O) groups excluding carboxylic acids is 1. The molecule has 0 spiro atoms. The van der Waals surface area contributed by atoms with E-state index in [1.165, 1.54) is 11.0 Å². The Balaban J connectivity index is 0.00000361. The van der Waals surface area contributed by atoms with Gasteiger partial charge in [0.15, 0.2) is 0 Å². The van der Waals surface area contributed by atoms with Gasteiger partial charge in [0.1, 0.15) is 10.6 Å². The fraction of sp³-hybridized carbons (Fsp3) is 0.583. The van der Waals surface area contributed by atoms with Gasteiger partial charge in [0.05, 0.1) is 0 Å². The van der Waals surface area contributed by atoms with E-state index in [0.717, 1.165) is 11.3 Å². The van der Waals surface area contributed by atoms with Crippen molar-refractivity contribution < 1.29 is 18.3 Å². The third-order valence-electron chi connectivity index (χ3n) is 2.60. The van der Waals surface area contributed by atoms with Gasteiger partial charge in [-0.3, -0.25) is 4.79 Å². The summed E-state index contributed by atoms with van der Waals surface area (Å²) in [6, 6.07) is 1.37. The monoisotopic (exact) mass is 328 g/mol. The number of hydrogen-bond donors (Lipinski definition) is 1. The Kier molecular flexibility index (Phi) is 7.40. The molecular weight excluding hydrogens is 310 g/mol. The number of rotatable bonds is 6. The van der Waals surface area contributed by atoms with E-state index in [0.29, 0.717) is 13.1 Å². The molecule has 0 radical (unpaired) electrons. The molecule has 0 saturated heterocycles. The zero-order valence-corrected chi connectivity index (χ0v) is 13.2. The van der Waals surface area contributed by atoms with Crippen LogP contribution in [-0.4, -0.2) is 37.6 Å². The fourth-order valence-electron chi connectivity index (χ4n) is 1.59. The van der Waals surface area contributed by atoms with Crippen molar-refractivity contribution in [2.24, 2.45) is 11.1 Å². The van der Waals surface area contributed by atoms with Crippen molar-refractivity contribution in [2.45, 2.75) is 20.5 Å². The van der Waals surface area contributed by atoms with Crippen molar-refractivity contribution in [3.05, 3.63) is 16.3 Å². The number of nitrogens with zero attached hydrogens (tertiary/aromatic N) is 1. The highest BCUT2D eigenvalue weighted by Gasteiger charge is 2.25. The summed E-state index contributed by atoms with van der Waals surface area (Å²) in [6.45, 7) is 1.79. The van der Waals surface area contributed by atoms with Crippen LogP contribution in [0.4, 0.5) is 8.78 Å². The number of carbonyl (C=O) groups is 1. The molecule has 0 fully saturated rings. The second-order valence-electron chi connectivity index (χ2n) is 5.02. The number of nitrogens with two attached hydrogens (primary N) is 1. The van der Waals surface area contributed by atoms with Gasteiger partial charge >= 0.3 is 6.61 Å². The Hall–Kier alpha value is -0.920. The molecule has 0 aliphatic carbocycles. The van der Waals surface area contributed by atoms with Crippen LogP contribution in [0.5, 0.6) is 5.75 Å². The predicted octanol–water partition coefficient (Wildman–Crippen LogP) is 2.83. The van der Waals surface area contributed by atoms with Gasteiger partial charge in [-0.25, -0.2) is 0 Å². The van der Waals surface area contributed by atoms with Crippen molar-refractivity contribution in [1.82, 2.24) is 4.90 Å². The minimum atomic E-state index is -2.94. The third-order valence-corrected chi connectivity index (χ3v) is 3.49. The molecule has 1 rings (SSSR count). The van der Waals surface area contributed by atoms with Gasteiger partial charge in [0.25, 0.3) is 5.91 Å².